The maximum atomic E-state index is 13.5. The van der Waals surface area contributed by atoms with E-state index in [-0.39, 0.29) is 9.79 Å². The Morgan fingerprint density at radius 3 is 2.13 bits per heavy atom. The van der Waals surface area contributed by atoms with Crippen LogP contribution in [0.2, 0.25) is 0 Å². The zero-order valence-corrected chi connectivity index (χ0v) is 17.0. The van der Waals surface area contributed by atoms with E-state index >= 15 is 0 Å². The van der Waals surface area contributed by atoms with Crippen LogP contribution in [-0.4, -0.2) is 27.7 Å². The standard InChI is InChI=1S/C23H18N4O2S/c1-26-20-15-9-8-14-19(20)24-23(26)22-21(30(28,29)18-12-6-3-7-13-18)16-27(25-22)17-10-4-2-5-11-17/h2-16H,1H3. The molecular formula is C23H18N4O2S. The fourth-order valence-electron chi connectivity index (χ4n) is 3.51. The Morgan fingerprint density at radius 1 is 0.800 bits per heavy atom. The Labute approximate surface area is 174 Å². The number of hydrogen-bond acceptors (Lipinski definition) is 4. The summed E-state index contributed by atoms with van der Waals surface area (Å²) in [5, 5.41) is 4.65. The highest BCUT2D eigenvalue weighted by molar-refractivity contribution is 7.91. The summed E-state index contributed by atoms with van der Waals surface area (Å²) in [5.41, 5.74) is 2.78. The molecule has 0 aliphatic heterocycles. The number of benzene rings is 3. The van der Waals surface area contributed by atoms with E-state index in [1.54, 1.807) is 41.2 Å². The number of fused-ring (bicyclic) bond motifs is 1. The predicted octanol–water partition coefficient (Wildman–Crippen LogP) is 4.26. The molecule has 0 saturated carbocycles. The van der Waals surface area contributed by atoms with E-state index in [1.807, 2.05) is 66.2 Å². The number of rotatable bonds is 4. The lowest BCUT2D eigenvalue weighted by Gasteiger charge is -2.05. The lowest BCUT2D eigenvalue weighted by atomic mass is 10.3. The highest BCUT2D eigenvalue weighted by atomic mass is 32.2. The van der Waals surface area contributed by atoms with Crippen molar-refractivity contribution in [2.45, 2.75) is 9.79 Å². The van der Waals surface area contributed by atoms with Crippen molar-refractivity contribution in [2.75, 3.05) is 0 Å². The Bertz CT molecular complexity index is 1450. The van der Waals surface area contributed by atoms with Gasteiger partial charge in [0.1, 0.15) is 10.6 Å². The first-order valence-electron chi connectivity index (χ1n) is 9.43. The fourth-order valence-corrected chi connectivity index (χ4v) is 4.90. The van der Waals surface area contributed by atoms with Gasteiger partial charge < -0.3 is 4.57 Å². The van der Waals surface area contributed by atoms with Crippen LogP contribution in [0.25, 0.3) is 28.2 Å². The van der Waals surface area contributed by atoms with E-state index in [0.29, 0.717) is 11.5 Å². The number of para-hydroxylation sites is 3. The molecule has 0 aliphatic rings. The van der Waals surface area contributed by atoms with Crippen molar-refractivity contribution in [3.8, 4) is 17.2 Å². The maximum Gasteiger partial charge on any atom is 0.210 e. The minimum absolute atomic E-state index is 0.121. The summed E-state index contributed by atoms with van der Waals surface area (Å²) in [6.45, 7) is 0. The predicted molar refractivity (Wildman–Crippen MR) is 115 cm³/mol. The maximum absolute atomic E-state index is 13.5. The Hall–Kier alpha value is -3.71. The fraction of sp³-hybridized carbons (Fsp3) is 0.0435. The summed E-state index contributed by atoms with van der Waals surface area (Å²) in [5.74, 6) is 0.500. The van der Waals surface area contributed by atoms with Crippen molar-refractivity contribution in [2.24, 2.45) is 7.05 Å². The van der Waals surface area contributed by atoms with Gasteiger partial charge in [0.2, 0.25) is 9.84 Å². The topological polar surface area (TPSA) is 69.8 Å². The van der Waals surface area contributed by atoms with Crippen LogP contribution in [0.15, 0.2) is 101 Å². The van der Waals surface area contributed by atoms with Crippen molar-refractivity contribution in [1.29, 1.82) is 0 Å². The van der Waals surface area contributed by atoms with Gasteiger partial charge in [-0.1, -0.05) is 48.5 Å². The van der Waals surface area contributed by atoms with Crippen LogP contribution in [0, 0.1) is 0 Å². The zero-order chi connectivity index (χ0) is 20.7. The van der Waals surface area contributed by atoms with Crippen molar-refractivity contribution in [1.82, 2.24) is 19.3 Å². The summed E-state index contributed by atoms with van der Waals surface area (Å²) in [7, 11) is -1.93. The molecule has 6 nitrogen and oxygen atoms in total. The highest BCUT2D eigenvalue weighted by Crippen LogP contribution is 2.32. The largest absolute Gasteiger partial charge is 0.326 e. The first-order valence-corrected chi connectivity index (χ1v) is 10.9. The minimum Gasteiger partial charge on any atom is -0.326 e. The molecule has 148 valence electrons. The third-order valence-electron chi connectivity index (χ3n) is 5.04. The molecule has 2 heterocycles. The van der Waals surface area contributed by atoms with Crippen molar-refractivity contribution in [3.05, 3.63) is 91.1 Å². The molecule has 0 fully saturated rings. The average molecular weight is 414 g/mol. The molecule has 0 atom stereocenters. The van der Waals surface area contributed by atoms with Gasteiger partial charge in [-0.25, -0.2) is 18.1 Å². The smallest absolute Gasteiger partial charge is 0.210 e. The number of hydrogen-bond donors (Lipinski definition) is 0. The Kier molecular flexibility index (Phi) is 4.25. The number of imidazole rings is 1. The molecule has 5 rings (SSSR count). The van der Waals surface area contributed by atoms with Gasteiger partial charge in [-0.05, 0) is 36.4 Å². The second kappa shape index (κ2) is 6.96. The first kappa shape index (κ1) is 18.3. The normalized spacial score (nSPS) is 11.8. The monoisotopic (exact) mass is 414 g/mol. The van der Waals surface area contributed by atoms with Crippen molar-refractivity contribution >= 4 is 20.9 Å². The molecule has 5 aromatic rings. The lowest BCUT2D eigenvalue weighted by molar-refractivity contribution is 0.596. The second-order valence-electron chi connectivity index (χ2n) is 6.92. The SMILES string of the molecule is Cn1c(-c2nn(-c3ccccc3)cc2S(=O)(=O)c2ccccc2)nc2ccccc21. The van der Waals surface area contributed by atoms with Gasteiger partial charge in [0.05, 0.1) is 27.8 Å². The number of sulfone groups is 1. The summed E-state index contributed by atoms with van der Waals surface area (Å²) in [4.78, 5) is 5.02. The van der Waals surface area contributed by atoms with E-state index in [4.69, 9.17) is 0 Å². The molecular weight excluding hydrogens is 396 g/mol. The molecule has 0 bridgehead atoms. The molecule has 2 aromatic heterocycles. The third-order valence-corrected chi connectivity index (χ3v) is 6.81. The molecule has 0 aliphatic carbocycles. The van der Waals surface area contributed by atoms with Gasteiger partial charge >= 0.3 is 0 Å². The van der Waals surface area contributed by atoms with Gasteiger partial charge in [0.25, 0.3) is 0 Å². The van der Waals surface area contributed by atoms with E-state index in [1.165, 1.54) is 0 Å². The van der Waals surface area contributed by atoms with E-state index < -0.39 is 9.84 Å². The summed E-state index contributed by atoms with van der Waals surface area (Å²) in [6.07, 6.45) is 1.56. The van der Waals surface area contributed by atoms with E-state index in [2.05, 4.69) is 10.1 Å². The number of nitrogens with zero attached hydrogens (tertiary/aromatic N) is 4. The molecule has 7 heteroatoms. The van der Waals surface area contributed by atoms with Crippen molar-refractivity contribution in [3.63, 3.8) is 0 Å². The number of aryl methyl sites for hydroxylation is 1. The number of aromatic nitrogens is 4. The molecule has 0 unspecified atom stereocenters. The Balaban J connectivity index is 1.79. The van der Waals surface area contributed by atoms with Gasteiger partial charge in [-0.15, -0.1) is 0 Å². The van der Waals surface area contributed by atoms with Gasteiger partial charge in [-0.2, -0.15) is 5.10 Å². The molecule has 0 saturated heterocycles. The van der Waals surface area contributed by atoms with E-state index in [0.717, 1.165) is 16.7 Å². The van der Waals surface area contributed by atoms with Gasteiger partial charge in [-0.3, -0.25) is 0 Å². The first-order chi connectivity index (χ1) is 14.6. The molecule has 0 radical (unpaired) electrons. The van der Waals surface area contributed by atoms with Crippen LogP contribution < -0.4 is 0 Å². The molecule has 0 spiro atoms. The van der Waals surface area contributed by atoms with Gasteiger partial charge in [0, 0.05) is 7.05 Å². The average Bonchev–Trinajstić information content (AvgIpc) is 3.37. The summed E-state index contributed by atoms with van der Waals surface area (Å²) < 4.78 is 30.5. The molecule has 30 heavy (non-hydrogen) atoms. The van der Waals surface area contributed by atoms with Crippen LogP contribution in [-0.2, 0) is 16.9 Å². The minimum atomic E-state index is -3.80. The van der Waals surface area contributed by atoms with Crippen LogP contribution in [0.3, 0.4) is 0 Å². The van der Waals surface area contributed by atoms with Crippen LogP contribution in [0.5, 0.6) is 0 Å². The Morgan fingerprint density at radius 2 is 1.43 bits per heavy atom. The molecule has 0 N–H and O–H groups in total. The van der Waals surface area contributed by atoms with Crippen LogP contribution >= 0.6 is 0 Å². The lowest BCUT2D eigenvalue weighted by Crippen LogP contribution is -2.04. The molecule has 0 amide bonds. The summed E-state index contributed by atoms with van der Waals surface area (Å²) in [6, 6.07) is 25.5. The van der Waals surface area contributed by atoms with E-state index in [9.17, 15) is 8.42 Å². The van der Waals surface area contributed by atoms with Gasteiger partial charge in [0.15, 0.2) is 5.82 Å². The summed E-state index contributed by atoms with van der Waals surface area (Å²) >= 11 is 0. The second-order valence-corrected chi connectivity index (χ2v) is 8.84. The van der Waals surface area contributed by atoms with Crippen molar-refractivity contribution < 1.29 is 8.42 Å². The van der Waals surface area contributed by atoms with Crippen LogP contribution in [0.1, 0.15) is 0 Å². The zero-order valence-electron chi connectivity index (χ0n) is 16.2. The quantitative estimate of drug-likeness (QED) is 0.441. The van der Waals surface area contributed by atoms with Crippen LogP contribution in [0.4, 0.5) is 0 Å². The highest BCUT2D eigenvalue weighted by Gasteiger charge is 2.28. The molecule has 3 aromatic carbocycles. The third kappa shape index (κ3) is 2.91.